The molecule has 24 heavy (non-hydrogen) atoms. The summed E-state index contributed by atoms with van der Waals surface area (Å²) >= 11 is 0. The van der Waals surface area contributed by atoms with Crippen LogP contribution >= 0.6 is 0 Å². The van der Waals surface area contributed by atoms with Crippen molar-refractivity contribution in [1.82, 2.24) is 14.8 Å². The van der Waals surface area contributed by atoms with Gasteiger partial charge in [0.2, 0.25) is 0 Å². The van der Waals surface area contributed by atoms with Crippen LogP contribution in [0.4, 0.5) is 0 Å². The van der Waals surface area contributed by atoms with Gasteiger partial charge < -0.3 is 24.3 Å². The number of nitrogens with zero attached hydrogens (tertiary/aromatic N) is 2. The Morgan fingerprint density at radius 3 is 2.79 bits per heavy atom. The lowest BCUT2D eigenvalue weighted by Gasteiger charge is -2.19. The third-order valence-corrected chi connectivity index (χ3v) is 4.63. The first-order valence-electron chi connectivity index (χ1n) is 8.28. The Bertz CT molecular complexity index is 740. The Hall–Kier alpha value is -2.05. The Balaban J connectivity index is 1.82. The highest BCUT2D eigenvalue weighted by Crippen LogP contribution is 2.24. The van der Waals surface area contributed by atoms with Crippen molar-refractivity contribution in [3.05, 3.63) is 30.0 Å². The normalized spacial score (nSPS) is 21.3. The first-order valence-corrected chi connectivity index (χ1v) is 8.28. The van der Waals surface area contributed by atoms with E-state index in [-0.39, 0.29) is 18.1 Å². The molecule has 1 aromatic heterocycles. The molecule has 2 atom stereocenters. The molecule has 1 aliphatic rings. The minimum absolute atomic E-state index is 0.00926. The SMILES string of the molecule is CCO[C@H]1CN(C)C[C@@H]1NC(=O)c1cc2ccc(OC)cc2n1C. The van der Waals surface area contributed by atoms with Gasteiger partial charge in [-0.2, -0.15) is 0 Å². The zero-order valence-electron chi connectivity index (χ0n) is 14.7. The highest BCUT2D eigenvalue weighted by Gasteiger charge is 2.33. The molecule has 0 saturated carbocycles. The molecule has 0 bridgehead atoms. The van der Waals surface area contributed by atoms with E-state index < -0.39 is 0 Å². The number of carbonyl (C=O) groups is 1. The van der Waals surface area contributed by atoms with Crippen molar-refractivity contribution >= 4 is 16.8 Å². The van der Waals surface area contributed by atoms with E-state index in [2.05, 4.69) is 10.2 Å². The third-order valence-electron chi connectivity index (χ3n) is 4.63. The Morgan fingerprint density at radius 1 is 1.29 bits per heavy atom. The topological polar surface area (TPSA) is 55.7 Å². The van der Waals surface area contributed by atoms with E-state index in [1.54, 1.807) is 7.11 Å². The van der Waals surface area contributed by atoms with Crippen molar-refractivity contribution in [1.29, 1.82) is 0 Å². The largest absolute Gasteiger partial charge is 0.497 e. The number of aryl methyl sites for hydroxylation is 1. The average molecular weight is 331 g/mol. The molecule has 130 valence electrons. The van der Waals surface area contributed by atoms with Crippen molar-refractivity contribution < 1.29 is 14.3 Å². The molecule has 6 nitrogen and oxygen atoms in total. The zero-order valence-corrected chi connectivity index (χ0v) is 14.7. The van der Waals surface area contributed by atoms with Gasteiger partial charge in [0, 0.05) is 38.2 Å². The molecule has 0 unspecified atom stereocenters. The van der Waals surface area contributed by atoms with E-state index >= 15 is 0 Å². The van der Waals surface area contributed by atoms with Crippen molar-refractivity contribution in [2.45, 2.75) is 19.1 Å². The summed E-state index contributed by atoms with van der Waals surface area (Å²) in [5.74, 6) is 0.710. The van der Waals surface area contributed by atoms with Crippen molar-refractivity contribution in [2.75, 3.05) is 33.9 Å². The molecule has 0 aliphatic carbocycles. The lowest BCUT2D eigenvalue weighted by molar-refractivity contribution is 0.0511. The van der Waals surface area contributed by atoms with Gasteiger partial charge in [0.1, 0.15) is 11.4 Å². The van der Waals surface area contributed by atoms with Gasteiger partial charge in [0.15, 0.2) is 0 Å². The summed E-state index contributed by atoms with van der Waals surface area (Å²) in [7, 11) is 5.58. The monoisotopic (exact) mass is 331 g/mol. The number of methoxy groups -OCH3 is 1. The number of fused-ring (bicyclic) bond motifs is 1. The van der Waals surface area contributed by atoms with Crippen LogP contribution in [0.3, 0.4) is 0 Å². The summed E-state index contributed by atoms with van der Waals surface area (Å²) < 4.78 is 12.9. The van der Waals surface area contributed by atoms with Crippen LogP contribution in [0.2, 0.25) is 0 Å². The van der Waals surface area contributed by atoms with Crippen molar-refractivity contribution in [3.63, 3.8) is 0 Å². The van der Waals surface area contributed by atoms with Gasteiger partial charge in [-0.3, -0.25) is 4.79 Å². The molecule has 0 spiro atoms. The Labute approximate surface area is 142 Å². The minimum Gasteiger partial charge on any atom is -0.497 e. The van der Waals surface area contributed by atoms with Crippen LogP contribution in [0.1, 0.15) is 17.4 Å². The van der Waals surface area contributed by atoms with Gasteiger partial charge in [-0.1, -0.05) is 0 Å². The number of amides is 1. The fourth-order valence-corrected chi connectivity index (χ4v) is 3.38. The molecule has 1 fully saturated rings. The van der Waals surface area contributed by atoms with E-state index in [0.717, 1.165) is 29.7 Å². The number of hydrogen-bond acceptors (Lipinski definition) is 4. The molecule has 2 aromatic rings. The summed E-state index contributed by atoms with van der Waals surface area (Å²) in [6, 6.07) is 7.74. The summed E-state index contributed by atoms with van der Waals surface area (Å²) in [5, 5.41) is 4.15. The lowest BCUT2D eigenvalue weighted by atomic mass is 10.2. The van der Waals surface area contributed by atoms with Gasteiger partial charge in [0.25, 0.3) is 5.91 Å². The maximum Gasteiger partial charge on any atom is 0.268 e. The van der Waals surface area contributed by atoms with E-state index in [0.29, 0.717) is 12.3 Å². The van der Waals surface area contributed by atoms with Crippen LogP contribution in [0, 0.1) is 0 Å². The van der Waals surface area contributed by atoms with E-state index in [1.807, 2.05) is 49.9 Å². The lowest BCUT2D eigenvalue weighted by Crippen LogP contribution is -2.44. The second kappa shape index (κ2) is 6.83. The van der Waals surface area contributed by atoms with Crippen LogP contribution in [0.15, 0.2) is 24.3 Å². The average Bonchev–Trinajstić information content (AvgIpc) is 3.07. The molecular formula is C18H25N3O3. The first kappa shape index (κ1) is 16.8. The predicted molar refractivity (Wildman–Crippen MR) is 93.6 cm³/mol. The van der Waals surface area contributed by atoms with Crippen LogP contribution in [0.25, 0.3) is 10.9 Å². The highest BCUT2D eigenvalue weighted by atomic mass is 16.5. The summed E-state index contributed by atoms with van der Waals surface area (Å²) in [5.41, 5.74) is 1.62. The van der Waals surface area contributed by atoms with Crippen LogP contribution in [-0.2, 0) is 11.8 Å². The predicted octanol–water partition coefficient (Wildman–Crippen LogP) is 1.64. The molecule has 1 N–H and O–H groups in total. The molecule has 1 aliphatic heterocycles. The molecule has 1 saturated heterocycles. The Morgan fingerprint density at radius 2 is 2.08 bits per heavy atom. The second-order valence-corrected chi connectivity index (χ2v) is 6.31. The molecule has 6 heteroatoms. The van der Waals surface area contributed by atoms with Crippen molar-refractivity contribution in [3.8, 4) is 5.75 Å². The van der Waals surface area contributed by atoms with Gasteiger partial charge >= 0.3 is 0 Å². The smallest absolute Gasteiger partial charge is 0.268 e. The van der Waals surface area contributed by atoms with Crippen molar-refractivity contribution in [2.24, 2.45) is 7.05 Å². The fraction of sp³-hybridized carbons (Fsp3) is 0.500. The van der Waals surface area contributed by atoms with Gasteiger partial charge in [-0.25, -0.2) is 0 Å². The second-order valence-electron chi connectivity index (χ2n) is 6.31. The molecule has 1 amide bonds. The number of nitrogens with one attached hydrogen (secondary N) is 1. The molecule has 0 radical (unpaired) electrons. The van der Waals surface area contributed by atoms with Gasteiger partial charge in [0.05, 0.1) is 24.8 Å². The maximum absolute atomic E-state index is 12.8. The zero-order chi connectivity index (χ0) is 17.3. The van der Waals surface area contributed by atoms with Crippen LogP contribution < -0.4 is 10.1 Å². The molecular weight excluding hydrogens is 306 g/mol. The standard InChI is InChI=1S/C18H25N3O3/c1-5-24-17-11-20(2)10-14(17)19-18(22)16-8-12-6-7-13(23-4)9-15(12)21(16)3/h6-9,14,17H,5,10-11H2,1-4H3,(H,19,22)/t14-,17-/m0/s1. The number of rotatable bonds is 5. The molecule has 1 aromatic carbocycles. The van der Waals surface area contributed by atoms with Gasteiger partial charge in [-0.15, -0.1) is 0 Å². The maximum atomic E-state index is 12.8. The van der Waals surface area contributed by atoms with Crippen LogP contribution in [-0.4, -0.2) is 61.4 Å². The van der Waals surface area contributed by atoms with E-state index in [1.165, 1.54) is 0 Å². The number of likely N-dealkylation sites (N-methyl/N-ethyl adjacent to an activating group) is 1. The van der Waals surface area contributed by atoms with Gasteiger partial charge in [-0.05, 0) is 32.2 Å². The summed E-state index contributed by atoms with van der Waals surface area (Å²) in [4.78, 5) is 14.9. The third kappa shape index (κ3) is 3.12. The van der Waals surface area contributed by atoms with Crippen LogP contribution in [0.5, 0.6) is 5.75 Å². The number of carbonyl (C=O) groups excluding carboxylic acids is 1. The number of likely N-dealkylation sites (tertiary alicyclic amines) is 1. The first-order chi connectivity index (χ1) is 11.5. The Kier molecular flexibility index (Phi) is 4.78. The summed E-state index contributed by atoms with van der Waals surface area (Å²) in [6.07, 6.45) is 0.0405. The number of aromatic nitrogens is 1. The molecule has 2 heterocycles. The quantitative estimate of drug-likeness (QED) is 0.905. The molecule has 3 rings (SSSR count). The fourth-order valence-electron chi connectivity index (χ4n) is 3.38. The summed E-state index contributed by atoms with van der Waals surface area (Å²) in [6.45, 7) is 4.27. The number of benzene rings is 1. The number of hydrogen-bond donors (Lipinski definition) is 1. The number of ether oxygens (including phenoxy) is 2. The minimum atomic E-state index is -0.0716. The van der Waals surface area contributed by atoms with E-state index in [4.69, 9.17) is 9.47 Å². The van der Waals surface area contributed by atoms with E-state index in [9.17, 15) is 4.79 Å². The highest BCUT2D eigenvalue weighted by molar-refractivity contribution is 5.99.